The topological polar surface area (TPSA) is 63.8 Å². The number of benzene rings is 3. The molecule has 1 N–H and O–H groups in total. The molecule has 33 heavy (non-hydrogen) atoms. The molecule has 1 aromatic heterocycles. The SMILES string of the molecule is O=C(N/N=C\c1ccc(OCc2ccc(Cl)c(Cl)c2)c(I)c1)c1cc2cc(Br)cc(Br)c2o1. The van der Waals surface area contributed by atoms with Gasteiger partial charge in [0.2, 0.25) is 0 Å². The van der Waals surface area contributed by atoms with Crippen LogP contribution in [0.5, 0.6) is 5.75 Å². The number of fused-ring (bicyclic) bond motifs is 1. The van der Waals surface area contributed by atoms with Gasteiger partial charge in [0.25, 0.3) is 0 Å². The molecule has 0 spiro atoms. The number of nitrogens with zero attached hydrogens (tertiary/aromatic N) is 1. The quantitative estimate of drug-likeness (QED) is 0.124. The second kappa shape index (κ2) is 10.8. The van der Waals surface area contributed by atoms with Crippen LogP contribution >= 0.6 is 77.7 Å². The van der Waals surface area contributed by atoms with Crippen molar-refractivity contribution < 1.29 is 13.9 Å². The molecule has 0 radical (unpaired) electrons. The van der Waals surface area contributed by atoms with Crippen LogP contribution in [0.25, 0.3) is 11.0 Å². The van der Waals surface area contributed by atoms with E-state index < -0.39 is 5.91 Å². The molecule has 0 saturated carbocycles. The molecule has 0 aliphatic rings. The van der Waals surface area contributed by atoms with Gasteiger partial charge in [-0.2, -0.15) is 5.10 Å². The Balaban J connectivity index is 1.38. The van der Waals surface area contributed by atoms with Crippen molar-refractivity contribution in [2.45, 2.75) is 6.61 Å². The third kappa shape index (κ3) is 6.10. The maximum atomic E-state index is 12.4. The lowest BCUT2D eigenvalue weighted by molar-refractivity contribution is 0.0929. The van der Waals surface area contributed by atoms with E-state index in [1.165, 1.54) is 0 Å². The largest absolute Gasteiger partial charge is 0.488 e. The number of carbonyl (C=O) groups is 1. The molecular formula is C23H13Br2Cl2IN2O3. The molecule has 0 bridgehead atoms. The number of hydrazone groups is 1. The Bertz CT molecular complexity index is 1390. The van der Waals surface area contributed by atoms with E-state index in [4.69, 9.17) is 32.4 Å². The number of carbonyl (C=O) groups excluding carboxylic acids is 1. The number of furan rings is 1. The summed E-state index contributed by atoms with van der Waals surface area (Å²) in [5, 5.41) is 5.83. The highest BCUT2D eigenvalue weighted by atomic mass is 127. The molecule has 3 aromatic carbocycles. The first kappa shape index (κ1) is 24.5. The third-order valence-electron chi connectivity index (χ3n) is 4.47. The number of nitrogens with one attached hydrogen (secondary N) is 1. The smallest absolute Gasteiger partial charge is 0.307 e. The van der Waals surface area contributed by atoms with Crippen LogP contribution in [0.2, 0.25) is 10.0 Å². The number of hydrogen-bond donors (Lipinski definition) is 1. The van der Waals surface area contributed by atoms with Crippen LogP contribution in [0.1, 0.15) is 21.7 Å². The molecule has 10 heteroatoms. The zero-order chi connectivity index (χ0) is 23.5. The summed E-state index contributed by atoms with van der Waals surface area (Å²) in [7, 11) is 0. The van der Waals surface area contributed by atoms with Crippen LogP contribution in [0, 0.1) is 3.57 Å². The highest BCUT2D eigenvalue weighted by molar-refractivity contribution is 14.1. The van der Waals surface area contributed by atoms with E-state index >= 15 is 0 Å². The zero-order valence-electron chi connectivity index (χ0n) is 16.5. The summed E-state index contributed by atoms with van der Waals surface area (Å²) in [6, 6.07) is 16.4. The molecule has 5 nitrogen and oxygen atoms in total. The Labute approximate surface area is 229 Å². The maximum absolute atomic E-state index is 12.4. The molecule has 0 aliphatic carbocycles. The van der Waals surface area contributed by atoms with E-state index in [9.17, 15) is 4.79 Å². The Morgan fingerprint density at radius 3 is 2.67 bits per heavy atom. The van der Waals surface area contributed by atoms with E-state index in [1.807, 2.05) is 36.4 Å². The predicted molar refractivity (Wildman–Crippen MR) is 147 cm³/mol. The molecule has 168 valence electrons. The predicted octanol–water partition coefficient (Wildman–Crippen LogP) is 8.21. The molecule has 0 unspecified atom stereocenters. The van der Waals surface area contributed by atoms with Crippen molar-refractivity contribution >= 4 is 101 Å². The molecule has 0 atom stereocenters. The van der Waals surface area contributed by atoms with Gasteiger partial charge < -0.3 is 9.15 Å². The molecule has 0 fully saturated rings. The van der Waals surface area contributed by atoms with E-state index in [2.05, 4.69) is 65.0 Å². The Kier molecular flexibility index (Phi) is 8.01. The lowest BCUT2D eigenvalue weighted by atomic mass is 10.2. The number of rotatable bonds is 6. The van der Waals surface area contributed by atoms with Gasteiger partial charge in [-0.15, -0.1) is 0 Å². The summed E-state index contributed by atoms with van der Waals surface area (Å²) in [6.07, 6.45) is 1.55. The van der Waals surface area contributed by atoms with Gasteiger partial charge in [0, 0.05) is 9.86 Å². The van der Waals surface area contributed by atoms with Gasteiger partial charge in [-0.25, -0.2) is 5.43 Å². The normalized spacial score (nSPS) is 11.3. The maximum Gasteiger partial charge on any atom is 0.307 e. The number of hydrogen-bond acceptors (Lipinski definition) is 4. The van der Waals surface area contributed by atoms with Gasteiger partial charge >= 0.3 is 5.91 Å². The first-order valence-corrected chi connectivity index (χ1v) is 12.8. The average Bonchev–Trinajstić information content (AvgIpc) is 3.20. The summed E-state index contributed by atoms with van der Waals surface area (Å²) >= 11 is 21.0. The minimum atomic E-state index is -0.443. The van der Waals surface area contributed by atoms with Crippen LogP contribution in [0.4, 0.5) is 0 Å². The fourth-order valence-electron chi connectivity index (χ4n) is 2.91. The molecule has 1 heterocycles. The van der Waals surface area contributed by atoms with Gasteiger partial charge in [-0.3, -0.25) is 4.79 Å². The lowest BCUT2D eigenvalue weighted by Gasteiger charge is -2.09. The van der Waals surface area contributed by atoms with Crippen LogP contribution in [-0.4, -0.2) is 12.1 Å². The van der Waals surface area contributed by atoms with Gasteiger partial charge in [0.05, 0.1) is 24.3 Å². The number of halogens is 5. The van der Waals surface area contributed by atoms with Crippen molar-refractivity contribution in [2.75, 3.05) is 0 Å². The Morgan fingerprint density at radius 1 is 1.09 bits per heavy atom. The second-order valence-corrected chi connectivity index (χ2v) is 10.6. The summed E-state index contributed by atoms with van der Waals surface area (Å²) in [5.74, 6) is 0.449. The van der Waals surface area contributed by atoms with Crippen molar-refractivity contribution in [1.82, 2.24) is 5.43 Å². The average molecular weight is 723 g/mol. The van der Waals surface area contributed by atoms with Crippen molar-refractivity contribution in [3.05, 3.63) is 94.0 Å². The highest BCUT2D eigenvalue weighted by Gasteiger charge is 2.14. The van der Waals surface area contributed by atoms with Crippen molar-refractivity contribution in [2.24, 2.45) is 5.10 Å². The highest BCUT2D eigenvalue weighted by Crippen LogP contribution is 2.31. The lowest BCUT2D eigenvalue weighted by Crippen LogP contribution is -2.16. The van der Waals surface area contributed by atoms with Crippen LogP contribution in [0.15, 0.2) is 73.1 Å². The minimum absolute atomic E-state index is 0.168. The first-order valence-electron chi connectivity index (χ1n) is 9.38. The molecule has 1 amide bonds. The standard InChI is InChI=1S/C23H13Br2Cl2IN2O3/c24-15-7-14-8-21(33-22(14)16(25)9-15)23(31)30-29-10-12-2-4-20(19(28)6-12)32-11-13-1-3-17(26)18(27)5-13/h1-10H,11H2,(H,30,31)/b29-10-. The molecule has 4 rings (SSSR count). The minimum Gasteiger partial charge on any atom is -0.488 e. The van der Waals surface area contributed by atoms with Gasteiger partial charge in [-0.1, -0.05) is 45.2 Å². The summed E-state index contributed by atoms with van der Waals surface area (Å²) < 4.78 is 14.1. The zero-order valence-corrected chi connectivity index (χ0v) is 23.4. The molecule has 4 aromatic rings. The number of ether oxygens (including phenoxy) is 1. The fourth-order valence-corrected chi connectivity index (χ4v) is 5.27. The molecular weight excluding hydrogens is 710 g/mol. The number of amides is 1. The van der Waals surface area contributed by atoms with Crippen LogP contribution < -0.4 is 10.2 Å². The Hall–Kier alpha value is -1.59. The van der Waals surface area contributed by atoms with Crippen LogP contribution in [0.3, 0.4) is 0 Å². The third-order valence-corrected chi connectivity index (χ3v) is 7.10. The van der Waals surface area contributed by atoms with E-state index in [0.717, 1.165) is 34.8 Å². The molecule has 0 saturated heterocycles. The van der Waals surface area contributed by atoms with Crippen molar-refractivity contribution in [1.29, 1.82) is 0 Å². The molecule has 0 aliphatic heterocycles. The monoisotopic (exact) mass is 720 g/mol. The second-order valence-electron chi connectivity index (χ2n) is 6.84. The summed E-state index contributed by atoms with van der Waals surface area (Å²) in [5.41, 5.74) is 4.80. The van der Waals surface area contributed by atoms with Crippen molar-refractivity contribution in [3.8, 4) is 5.75 Å². The first-order chi connectivity index (χ1) is 15.8. The van der Waals surface area contributed by atoms with Crippen LogP contribution in [-0.2, 0) is 6.61 Å². The van der Waals surface area contributed by atoms with Gasteiger partial charge in [0.15, 0.2) is 5.76 Å². The van der Waals surface area contributed by atoms with E-state index in [1.54, 1.807) is 24.4 Å². The summed E-state index contributed by atoms with van der Waals surface area (Å²) in [6.45, 7) is 0.362. The van der Waals surface area contributed by atoms with E-state index in [-0.39, 0.29) is 5.76 Å². The Morgan fingerprint density at radius 2 is 1.91 bits per heavy atom. The van der Waals surface area contributed by atoms with Gasteiger partial charge in [-0.05, 0) is 98.2 Å². The fraction of sp³-hybridized carbons (Fsp3) is 0.0435. The van der Waals surface area contributed by atoms with E-state index in [0.29, 0.717) is 22.2 Å². The van der Waals surface area contributed by atoms with Crippen molar-refractivity contribution in [3.63, 3.8) is 0 Å². The van der Waals surface area contributed by atoms with Gasteiger partial charge in [0.1, 0.15) is 17.9 Å². The summed E-state index contributed by atoms with van der Waals surface area (Å²) in [4.78, 5) is 12.4.